The second kappa shape index (κ2) is 5.05. The second-order valence-electron chi connectivity index (χ2n) is 4.87. The summed E-state index contributed by atoms with van der Waals surface area (Å²) >= 11 is 1.72. The average molecular weight is 246 g/mol. The van der Waals surface area contributed by atoms with Gasteiger partial charge in [-0.1, -0.05) is 25.7 Å². The van der Waals surface area contributed by atoms with Crippen molar-refractivity contribution in [2.45, 2.75) is 44.6 Å². The number of thiazole rings is 1. The molecule has 1 N–H and O–H groups in total. The molecule has 1 aromatic carbocycles. The monoisotopic (exact) mass is 246 g/mol. The lowest BCUT2D eigenvalue weighted by Gasteiger charge is -2.17. The summed E-state index contributed by atoms with van der Waals surface area (Å²) < 4.78 is 1.28. The van der Waals surface area contributed by atoms with Crippen LogP contribution in [-0.2, 0) is 0 Å². The van der Waals surface area contributed by atoms with E-state index < -0.39 is 0 Å². The SMILES string of the molecule is c1nc2ccc(NC3CCCCCC3)cc2s1. The van der Waals surface area contributed by atoms with Gasteiger partial charge in [0.1, 0.15) is 0 Å². The lowest BCUT2D eigenvalue weighted by atomic mass is 10.1. The Morgan fingerprint density at radius 2 is 1.94 bits per heavy atom. The lowest BCUT2D eigenvalue weighted by Crippen LogP contribution is -2.17. The first-order valence-corrected chi connectivity index (χ1v) is 7.39. The summed E-state index contributed by atoms with van der Waals surface area (Å²) in [5, 5.41) is 3.68. The first-order valence-electron chi connectivity index (χ1n) is 6.51. The molecule has 1 heterocycles. The Labute approximate surface area is 106 Å². The predicted molar refractivity (Wildman–Crippen MR) is 74.7 cm³/mol. The summed E-state index contributed by atoms with van der Waals surface area (Å²) in [5.41, 5.74) is 4.29. The van der Waals surface area contributed by atoms with Crippen molar-refractivity contribution in [2.24, 2.45) is 0 Å². The Morgan fingerprint density at radius 1 is 1.12 bits per heavy atom. The van der Waals surface area contributed by atoms with Crippen LogP contribution >= 0.6 is 11.3 Å². The minimum Gasteiger partial charge on any atom is -0.382 e. The quantitative estimate of drug-likeness (QED) is 0.793. The van der Waals surface area contributed by atoms with Gasteiger partial charge < -0.3 is 5.32 Å². The molecule has 1 aliphatic rings. The Bertz CT molecular complexity index is 484. The smallest absolute Gasteiger partial charge is 0.0813 e. The van der Waals surface area contributed by atoms with Crippen molar-refractivity contribution in [1.29, 1.82) is 0 Å². The molecule has 17 heavy (non-hydrogen) atoms. The van der Waals surface area contributed by atoms with E-state index in [2.05, 4.69) is 28.5 Å². The molecule has 0 saturated heterocycles. The normalized spacial score (nSPS) is 18.1. The van der Waals surface area contributed by atoms with Crippen molar-refractivity contribution >= 4 is 27.2 Å². The van der Waals surface area contributed by atoms with Crippen LogP contribution in [0.25, 0.3) is 10.2 Å². The van der Waals surface area contributed by atoms with E-state index in [1.54, 1.807) is 11.3 Å². The van der Waals surface area contributed by atoms with E-state index in [1.165, 1.54) is 48.9 Å². The third-order valence-electron chi connectivity index (χ3n) is 3.56. The van der Waals surface area contributed by atoms with Crippen molar-refractivity contribution < 1.29 is 0 Å². The van der Waals surface area contributed by atoms with E-state index in [9.17, 15) is 0 Å². The largest absolute Gasteiger partial charge is 0.382 e. The highest BCUT2D eigenvalue weighted by atomic mass is 32.1. The van der Waals surface area contributed by atoms with Crippen LogP contribution in [0.15, 0.2) is 23.7 Å². The molecule has 0 radical (unpaired) electrons. The molecule has 0 spiro atoms. The van der Waals surface area contributed by atoms with Gasteiger partial charge in [-0.15, -0.1) is 11.3 Å². The molecule has 1 fully saturated rings. The highest BCUT2D eigenvalue weighted by Gasteiger charge is 2.11. The van der Waals surface area contributed by atoms with Crippen LogP contribution in [-0.4, -0.2) is 11.0 Å². The summed E-state index contributed by atoms with van der Waals surface area (Å²) in [4.78, 5) is 4.31. The zero-order valence-corrected chi connectivity index (χ0v) is 10.8. The third-order valence-corrected chi connectivity index (χ3v) is 4.35. The molecule has 0 atom stereocenters. The molecule has 3 rings (SSSR count). The van der Waals surface area contributed by atoms with Crippen molar-refractivity contribution in [3.63, 3.8) is 0 Å². The summed E-state index contributed by atoms with van der Waals surface area (Å²) in [5.74, 6) is 0. The van der Waals surface area contributed by atoms with Gasteiger partial charge >= 0.3 is 0 Å². The first kappa shape index (κ1) is 11.0. The topological polar surface area (TPSA) is 24.9 Å². The van der Waals surface area contributed by atoms with Gasteiger partial charge in [-0.2, -0.15) is 0 Å². The van der Waals surface area contributed by atoms with Crippen LogP contribution in [0, 0.1) is 0 Å². The summed E-state index contributed by atoms with van der Waals surface area (Å²) in [6, 6.07) is 7.18. The lowest BCUT2D eigenvalue weighted by molar-refractivity contribution is 0.620. The van der Waals surface area contributed by atoms with Gasteiger partial charge in [0.05, 0.1) is 15.7 Å². The van der Waals surface area contributed by atoms with Gasteiger partial charge in [0.15, 0.2) is 0 Å². The predicted octanol–water partition coefficient (Wildman–Crippen LogP) is 4.43. The van der Waals surface area contributed by atoms with E-state index in [1.807, 2.05) is 5.51 Å². The van der Waals surface area contributed by atoms with Gasteiger partial charge in [0, 0.05) is 11.7 Å². The fourth-order valence-corrected chi connectivity index (χ4v) is 3.32. The van der Waals surface area contributed by atoms with Crippen molar-refractivity contribution in [1.82, 2.24) is 4.98 Å². The molecule has 0 bridgehead atoms. The van der Waals surface area contributed by atoms with Gasteiger partial charge in [-0.3, -0.25) is 0 Å². The number of nitrogens with zero attached hydrogens (tertiary/aromatic N) is 1. The molecule has 1 aliphatic carbocycles. The Kier molecular flexibility index (Phi) is 3.27. The maximum absolute atomic E-state index is 4.31. The summed E-state index contributed by atoms with van der Waals surface area (Å²) in [6.07, 6.45) is 8.21. The number of anilines is 1. The van der Waals surface area contributed by atoms with E-state index in [0.29, 0.717) is 6.04 Å². The Hall–Kier alpha value is -1.09. The van der Waals surface area contributed by atoms with Crippen LogP contribution in [0.4, 0.5) is 5.69 Å². The highest BCUT2D eigenvalue weighted by molar-refractivity contribution is 7.16. The first-order chi connectivity index (χ1) is 8.42. The minimum absolute atomic E-state index is 0.669. The number of benzene rings is 1. The summed E-state index contributed by atoms with van der Waals surface area (Å²) in [7, 11) is 0. The van der Waals surface area contributed by atoms with Crippen LogP contribution in [0.5, 0.6) is 0 Å². The van der Waals surface area contributed by atoms with Crippen LogP contribution in [0.1, 0.15) is 38.5 Å². The van der Waals surface area contributed by atoms with Crippen molar-refractivity contribution in [2.75, 3.05) is 5.32 Å². The Morgan fingerprint density at radius 3 is 2.76 bits per heavy atom. The number of hydrogen-bond acceptors (Lipinski definition) is 3. The minimum atomic E-state index is 0.669. The number of hydrogen-bond donors (Lipinski definition) is 1. The zero-order valence-electron chi connectivity index (χ0n) is 9.98. The molecule has 90 valence electrons. The molecule has 3 heteroatoms. The number of aromatic nitrogens is 1. The van der Waals surface area contributed by atoms with Crippen LogP contribution < -0.4 is 5.32 Å². The number of rotatable bonds is 2. The van der Waals surface area contributed by atoms with Gasteiger partial charge in [-0.25, -0.2) is 4.98 Å². The maximum atomic E-state index is 4.31. The fourth-order valence-electron chi connectivity index (χ4n) is 2.60. The zero-order chi connectivity index (χ0) is 11.5. The maximum Gasteiger partial charge on any atom is 0.0813 e. The molecular formula is C14H18N2S. The van der Waals surface area contributed by atoms with E-state index in [4.69, 9.17) is 0 Å². The van der Waals surface area contributed by atoms with Crippen molar-refractivity contribution in [3.8, 4) is 0 Å². The molecule has 2 nitrogen and oxygen atoms in total. The standard InChI is InChI=1S/C14H18N2S/c1-2-4-6-11(5-3-1)16-12-7-8-13-14(9-12)17-10-15-13/h7-11,16H,1-6H2. The van der Waals surface area contributed by atoms with E-state index >= 15 is 0 Å². The van der Waals surface area contributed by atoms with E-state index in [0.717, 1.165) is 5.52 Å². The van der Waals surface area contributed by atoms with Crippen LogP contribution in [0.3, 0.4) is 0 Å². The molecule has 2 aromatic rings. The molecule has 0 amide bonds. The Balaban J connectivity index is 1.74. The van der Waals surface area contributed by atoms with Gasteiger partial charge in [-0.05, 0) is 31.0 Å². The second-order valence-corrected chi connectivity index (χ2v) is 5.75. The van der Waals surface area contributed by atoms with E-state index in [-0.39, 0.29) is 0 Å². The van der Waals surface area contributed by atoms with Crippen LogP contribution in [0.2, 0.25) is 0 Å². The average Bonchev–Trinajstić information content (AvgIpc) is 2.65. The molecule has 1 aromatic heterocycles. The molecular weight excluding hydrogens is 228 g/mol. The highest BCUT2D eigenvalue weighted by Crippen LogP contribution is 2.25. The molecule has 1 saturated carbocycles. The van der Waals surface area contributed by atoms with Gasteiger partial charge in [0.2, 0.25) is 0 Å². The summed E-state index contributed by atoms with van der Waals surface area (Å²) in [6.45, 7) is 0. The molecule has 0 unspecified atom stereocenters. The van der Waals surface area contributed by atoms with Gasteiger partial charge in [0.25, 0.3) is 0 Å². The fraction of sp³-hybridized carbons (Fsp3) is 0.500. The number of fused-ring (bicyclic) bond motifs is 1. The number of nitrogens with one attached hydrogen (secondary N) is 1. The van der Waals surface area contributed by atoms with Crippen molar-refractivity contribution in [3.05, 3.63) is 23.7 Å². The molecule has 0 aliphatic heterocycles. The third kappa shape index (κ3) is 2.60.